The van der Waals surface area contributed by atoms with Gasteiger partial charge >= 0.3 is 0 Å². The molecular weight excluding hydrogens is 320 g/mol. The van der Waals surface area contributed by atoms with Crippen LogP contribution in [0.25, 0.3) is 0 Å². The average molecular weight is 333 g/mol. The first-order chi connectivity index (χ1) is 9.51. The molecule has 0 radical (unpaired) electrons. The Morgan fingerprint density at radius 3 is 2.75 bits per heavy atom. The van der Waals surface area contributed by atoms with Crippen molar-refractivity contribution in [3.8, 4) is 5.75 Å². The van der Waals surface area contributed by atoms with Crippen molar-refractivity contribution in [3.05, 3.63) is 40.7 Å². The molecule has 0 aliphatic rings. The molecule has 0 amide bonds. The van der Waals surface area contributed by atoms with Crippen LogP contribution in [0, 0.1) is 0 Å². The normalized spacial score (nSPS) is 11.3. The lowest BCUT2D eigenvalue weighted by Gasteiger charge is -2.09. The third kappa shape index (κ3) is 3.86. The van der Waals surface area contributed by atoms with E-state index in [-0.39, 0.29) is 4.21 Å². The van der Waals surface area contributed by atoms with Gasteiger partial charge < -0.3 is 10.5 Å². The number of anilines is 1. The summed E-state index contributed by atoms with van der Waals surface area (Å²) in [5.74, 6) is 0.555. The lowest BCUT2D eigenvalue weighted by molar-refractivity contribution is 0.328. The van der Waals surface area contributed by atoms with Crippen LogP contribution in [0.15, 0.2) is 40.6 Å². The highest BCUT2D eigenvalue weighted by Gasteiger charge is 2.16. The number of nitrogens with two attached hydrogens (primary N) is 1. The molecule has 1 aromatic carbocycles. The molecule has 1 aromatic heterocycles. The monoisotopic (exact) mass is 332 g/mol. The molecule has 0 aliphatic carbocycles. The summed E-state index contributed by atoms with van der Waals surface area (Å²) in [5.41, 5.74) is 5.77. The summed E-state index contributed by atoms with van der Waals surface area (Å²) >= 11 is 6.75. The number of benzene rings is 1. The van der Waals surface area contributed by atoms with Gasteiger partial charge in [-0.15, -0.1) is 11.3 Å². The quantitative estimate of drug-likeness (QED) is 0.851. The molecule has 0 saturated heterocycles. The molecule has 0 fully saturated rings. The minimum absolute atomic E-state index is 0.163. The number of hydrogen-bond donors (Lipinski definition) is 2. The van der Waals surface area contributed by atoms with Crippen LogP contribution in [-0.4, -0.2) is 21.6 Å². The minimum atomic E-state index is -3.63. The summed E-state index contributed by atoms with van der Waals surface area (Å²) < 4.78 is 32.6. The van der Waals surface area contributed by atoms with Crippen LogP contribution < -0.4 is 15.2 Å². The smallest absolute Gasteiger partial charge is 0.271 e. The molecule has 0 atom stereocenters. The third-order valence-corrected chi connectivity index (χ3v) is 5.39. The van der Waals surface area contributed by atoms with Gasteiger partial charge in [0.1, 0.15) is 16.6 Å². The fourth-order valence-corrected chi connectivity index (χ4v) is 4.01. The lowest BCUT2D eigenvalue weighted by Crippen LogP contribution is -2.12. The number of nitrogens with one attached hydrogen (secondary N) is 1. The van der Waals surface area contributed by atoms with E-state index in [0.29, 0.717) is 28.9 Å². The number of sulfonamides is 1. The van der Waals surface area contributed by atoms with Gasteiger partial charge in [0.25, 0.3) is 10.0 Å². The Balaban J connectivity index is 2.17. The van der Waals surface area contributed by atoms with Crippen LogP contribution in [0.3, 0.4) is 0 Å². The van der Waals surface area contributed by atoms with E-state index >= 15 is 0 Å². The van der Waals surface area contributed by atoms with Crippen molar-refractivity contribution < 1.29 is 13.2 Å². The Hall–Kier alpha value is -1.28. The Labute approximate surface area is 126 Å². The number of hydrogen-bond acceptors (Lipinski definition) is 5. The standard InChI is InChI=1S/C12H13ClN2O3S2/c13-11-4-5-12(19-11)20(16,17)15-9-2-1-3-10(8-9)18-7-6-14/h1-5,8,15H,6-7,14H2. The second kappa shape index (κ2) is 6.45. The Morgan fingerprint density at radius 2 is 2.10 bits per heavy atom. The third-order valence-electron chi connectivity index (χ3n) is 2.29. The summed E-state index contributed by atoms with van der Waals surface area (Å²) in [5, 5.41) is 0. The van der Waals surface area contributed by atoms with Crippen LogP contribution in [0.2, 0.25) is 4.34 Å². The van der Waals surface area contributed by atoms with Crippen LogP contribution in [0.4, 0.5) is 5.69 Å². The molecule has 0 spiro atoms. The van der Waals surface area contributed by atoms with Gasteiger partial charge in [0.05, 0.1) is 10.0 Å². The molecule has 0 bridgehead atoms. The molecular formula is C12H13ClN2O3S2. The Morgan fingerprint density at radius 1 is 1.30 bits per heavy atom. The molecule has 108 valence electrons. The number of thiophene rings is 1. The molecule has 2 rings (SSSR count). The zero-order valence-corrected chi connectivity index (χ0v) is 12.8. The molecule has 8 heteroatoms. The number of ether oxygens (including phenoxy) is 1. The zero-order chi connectivity index (χ0) is 14.6. The molecule has 20 heavy (non-hydrogen) atoms. The largest absolute Gasteiger partial charge is 0.492 e. The van der Waals surface area contributed by atoms with Gasteiger partial charge in [-0.05, 0) is 24.3 Å². The molecule has 2 aromatic rings. The number of halogens is 1. The van der Waals surface area contributed by atoms with Gasteiger partial charge in [0, 0.05) is 12.6 Å². The SMILES string of the molecule is NCCOc1cccc(NS(=O)(=O)c2ccc(Cl)s2)c1. The maximum absolute atomic E-state index is 12.1. The highest BCUT2D eigenvalue weighted by Crippen LogP contribution is 2.28. The molecule has 0 unspecified atom stereocenters. The molecule has 1 heterocycles. The summed E-state index contributed by atoms with van der Waals surface area (Å²) in [4.78, 5) is 0. The van der Waals surface area contributed by atoms with E-state index in [4.69, 9.17) is 22.1 Å². The van der Waals surface area contributed by atoms with Crippen molar-refractivity contribution in [2.24, 2.45) is 5.73 Å². The topological polar surface area (TPSA) is 81.4 Å². The predicted octanol–water partition coefficient (Wildman–Crippen LogP) is 2.54. The van der Waals surface area contributed by atoms with E-state index in [2.05, 4.69) is 4.72 Å². The van der Waals surface area contributed by atoms with E-state index < -0.39 is 10.0 Å². The summed E-state index contributed by atoms with van der Waals surface area (Å²) in [6.45, 7) is 0.764. The highest BCUT2D eigenvalue weighted by molar-refractivity contribution is 7.94. The van der Waals surface area contributed by atoms with Crippen molar-refractivity contribution in [2.45, 2.75) is 4.21 Å². The van der Waals surface area contributed by atoms with Crippen LogP contribution >= 0.6 is 22.9 Å². The highest BCUT2D eigenvalue weighted by atomic mass is 35.5. The zero-order valence-electron chi connectivity index (χ0n) is 10.4. The second-order valence-electron chi connectivity index (χ2n) is 3.83. The molecule has 5 nitrogen and oxygen atoms in total. The molecule has 0 saturated carbocycles. The van der Waals surface area contributed by atoms with E-state index in [1.54, 1.807) is 30.3 Å². The van der Waals surface area contributed by atoms with Crippen molar-refractivity contribution in [1.29, 1.82) is 0 Å². The van der Waals surface area contributed by atoms with Gasteiger partial charge in [0.2, 0.25) is 0 Å². The molecule has 0 aliphatic heterocycles. The number of rotatable bonds is 6. The Bertz CT molecular complexity index is 686. The average Bonchev–Trinajstić information content (AvgIpc) is 2.84. The van der Waals surface area contributed by atoms with E-state index in [9.17, 15) is 8.42 Å². The maximum Gasteiger partial charge on any atom is 0.271 e. The minimum Gasteiger partial charge on any atom is -0.492 e. The predicted molar refractivity (Wildman–Crippen MR) is 81.1 cm³/mol. The fourth-order valence-electron chi connectivity index (χ4n) is 1.47. The fraction of sp³-hybridized carbons (Fsp3) is 0.167. The first-order valence-electron chi connectivity index (χ1n) is 5.72. The lowest BCUT2D eigenvalue weighted by atomic mass is 10.3. The first kappa shape index (κ1) is 15.1. The first-order valence-corrected chi connectivity index (χ1v) is 8.40. The van der Waals surface area contributed by atoms with Crippen molar-refractivity contribution >= 4 is 38.6 Å². The van der Waals surface area contributed by atoms with Crippen LogP contribution in [-0.2, 0) is 10.0 Å². The van der Waals surface area contributed by atoms with E-state index in [1.807, 2.05) is 0 Å². The van der Waals surface area contributed by atoms with Gasteiger partial charge in [0.15, 0.2) is 0 Å². The molecule has 3 N–H and O–H groups in total. The summed E-state index contributed by atoms with van der Waals surface area (Å²) in [7, 11) is -3.63. The van der Waals surface area contributed by atoms with Gasteiger partial charge in [-0.2, -0.15) is 0 Å². The van der Waals surface area contributed by atoms with Gasteiger partial charge in [-0.3, -0.25) is 4.72 Å². The second-order valence-corrected chi connectivity index (χ2v) is 7.45. The van der Waals surface area contributed by atoms with Gasteiger partial charge in [-0.1, -0.05) is 17.7 Å². The van der Waals surface area contributed by atoms with Crippen molar-refractivity contribution in [1.82, 2.24) is 0 Å². The summed E-state index contributed by atoms with van der Waals surface area (Å²) in [6, 6.07) is 9.68. The van der Waals surface area contributed by atoms with E-state index in [0.717, 1.165) is 11.3 Å². The van der Waals surface area contributed by atoms with Crippen molar-refractivity contribution in [2.75, 3.05) is 17.9 Å². The van der Waals surface area contributed by atoms with Crippen LogP contribution in [0.1, 0.15) is 0 Å². The Kier molecular flexibility index (Phi) is 4.87. The van der Waals surface area contributed by atoms with Gasteiger partial charge in [-0.25, -0.2) is 8.42 Å². The maximum atomic E-state index is 12.1. The summed E-state index contributed by atoms with van der Waals surface area (Å²) in [6.07, 6.45) is 0. The van der Waals surface area contributed by atoms with E-state index in [1.165, 1.54) is 6.07 Å². The van der Waals surface area contributed by atoms with Crippen molar-refractivity contribution in [3.63, 3.8) is 0 Å². The van der Waals surface area contributed by atoms with Crippen LogP contribution in [0.5, 0.6) is 5.75 Å².